The molecule has 0 aliphatic heterocycles. The van der Waals surface area contributed by atoms with Crippen molar-refractivity contribution in [1.82, 2.24) is 0 Å². The number of carboxylic acids is 1. The van der Waals surface area contributed by atoms with Crippen molar-refractivity contribution < 1.29 is 22.2 Å². The lowest BCUT2D eigenvalue weighted by Gasteiger charge is -2.42. The van der Waals surface area contributed by atoms with Gasteiger partial charge in [-0.1, -0.05) is 6.08 Å². The molecule has 0 aromatic rings. The fraction of sp³-hybridized carbons (Fsp3) is 0.786. The molecular weight excluding hydrogens is 360 g/mol. The summed E-state index contributed by atoms with van der Waals surface area (Å²) in [5.41, 5.74) is 0.305. The molecule has 0 saturated carbocycles. The second-order valence-electron chi connectivity index (χ2n) is 8.72. The summed E-state index contributed by atoms with van der Waals surface area (Å²) in [7, 11) is -8.70. The molecule has 0 aromatic carbocycles. The molecule has 23 heavy (non-hydrogen) atoms. The normalized spacial score (nSPS) is 15.0. The summed E-state index contributed by atoms with van der Waals surface area (Å²) in [6.45, 7) is 20.6. The van der Waals surface area contributed by atoms with Crippen LogP contribution in [0.4, 0.5) is 0 Å². The lowest BCUT2D eigenvalue weighted by Crippen LogP contribution is -2.60. The highest BCUT2D eigenvalue weighted by Gasteiger charge is 2.49. The number of rotatable bonds is 9. The van der Waals surface area contributed by atoms with Gasteiger partial charge in [-0.2, -0.15) is 0 Å². The third-order valence-corrected chi connectivity index (χ3v) is 14.2. The molecule has 0 aliphatic rings. The second kappa shape index (κ2) is 7.89. The van der Waals surface area contributed by atoms with E-state index in [1.807, 2.05) is 0 Å². The summed E-state index contributed by atoms with van der Waals surface area (Å²) in [4.78, 5) is 11.1. The van der Waals surface area contributed by atoms with Crippen LogP contribution >= 0.6 is 0 Å². The Kier molecular flexibility index (Phi) is 7.88. The van der Waals surface area contributed by atoms with Crippen LogP contribution < -0.4 is 0 Å². The van der Waals surface area contributed by atoms with Gasteiger partial charge in [0.05, 0.1) is 0 Å². The molecule has 0 atom stereocenters. The van der Waals surface area contributed by atoms with E-state index in [1.54, 1.807) is 13.0 Å². The van der Waals surface area contributed by atoms with E-state index < -0.39 is 39.7 Å². The smallest absolute Gasteiger partial charge is 0.473 e. The molecule has 0 rings (SSSR count). The zero-order valence-corrected chi connectivity index (χ0v) is 20.4. The number of hydrogen-bond donors (Lipinski definition) is 1. The molecule has 136 valence electrons. The molecule has 0 heterocycles. The van der Waals surface area contributed by atoms with Gasteiger partial charge in [0.15, 0.2) is 25.0 Å². The Hall–Kier alpha value is -0.0425. The van der Waals surface area contributed by atoms with Crippen molar-refractivity contribution in [3.63, 3.8) is 0 Å². The maximum Gasteiger partial charge on any atom is 0.473 e. The molecule has 0 aromatic heterocycles. The van der Waals surface area contributed by atoms with Gasteiger partial charge in [-0.15, -0.1) is 0 Å². The van der Waals surface area contributed by atoms with E-state index in [2.05, 4.69) is 58.9 Å². The van der Waals surface area contributed by atoms with E-state index in [4.69, 9.17) is 17.5 Å². The van der Waals surface area contributed by atoms with Gasteiger partial charge in [-0.25, -0.2) is 4.79 Å². The van der Waals surface area contributed by atoms with Crippen LogP contribution in [0.3, 0.4) is 0 Å². The van der Waals surface area contributed by atoms with Gasteiger partial charge in [0.25, 0.3) is 0 Å². The van der Waals surface area contributed by atoms with Crippen molar-refractivity contribution in [3.05, 3.63) is 11.6 Å². The molecule has 0 bridgehead atoms. The van der Waals surface area contributed by atoms with Crippen LogP contribution in [0.5, 0.6) is 0 Å². The first kappa shape index (κ1) is 23.0. The largest absolute Gasteiger partial charge is 0.478 e. The highest BCUT2D eigenvalue weighted by molar-refractivity contribution is 6.90. The van der Waals surface area contributed by atoms with E-state index in [1.165, 1.54) is 0 Å². The highest BCUT2D eigenvalue weighted by atomic mass is 28.5. The van der Waals surface area contributed by atoms with Crippen LogP contribution in [0.2, 0.25) is 65.0 Å². The van der Waals surface area contributed by atoms with Gasteiger partial charge in [-0.05, 0) is 65.8 Å². The van der Waals surface area contributed by atoms with Gasteiger partial charge >= 0.3 is 14.8 Å². The first-order valence-electron chi connectivity index (χ1n) is 7.95. The van der Waals surface area contributed by atoms with E-state index in [-0.39, 0.29) is 0 Å². The molecule has 1 N–H and O–H groups in total. The van der Waals surface area contributed by atoms with E-state index in [9.17, 15) is 4.79 Å². The van der Waals surface area contributed by atoms with Crippen LogP contribution in [0.1, 0.15) is 6.92 Å². The number of allylic oxidation sites excluding steroid dienone is 1. The quantitative estimate of drug-likeness (QED) is 0.460. The predicted molar refractivity (Wildman–Crippen MR) is 105 cm³/mol. The molecular formula is C14H34O5Si4. The molecule has 0 aliphatic carbocycles. The maximum absolute atomic E-state index is 11.1. The minimum atomic E-state index is -2.96. The molecule has 5 nitrogen and oxygen atoms in total. The molecule has 0 saturated heterocycles. The average Bonchev–Trinajstić information content (AvgIpc) is 2.17. The minimum Gasteiger partial charge on any atom is -0.478 e. The summed E-state index contributed by atoms with van der Waals surface area (Å²) in [5, 5.41) is 9.13. The predicted octanol–water partition coefficient (Wildman–Crippen LogP) is 4.51. The van der Waals surface area contributed by atoms with Crippen molar-refractivity contribution in [2.24, 2.45) is 0 Å². The minimum absolute atomic E-state index is 0.305. The Bertz CT molecular complexity index is 403. The summed E-state index contributed by atoms with van der Waals surface area (Å²) in [6.07, 6.45) is 1.70. The second-order valence-corrected chi connectivity index (χ2v) is 25.6. The molecule has 0 fully saturated rings. The van der Waals surface area contributed by atoms with Gasteiger partial charge in [0, 0.05) is 11.6 Å². The van der Waals surface area contributed by atoms with Gasteiger partial charge in [0.1, 0.15) is 0 Å². The van der Waals surface area contributed by atoms with Crippen molar-refractivity contribution in [2.75, 3.05) is 0 Å². The summed E-state index contributed by atoms with van der Waals surface area (Å²) in [5.74, 6) is -0.915. The Labute approximate surface area is 145 Å². The Morgan fingerprint density at radius 1 is 0.826 bits per heavy atom. The van der Waals surface area contributed by atoms with Crippen LogP contribution in [0.25, 0.3) is 0 Å². The SMILES string of the molecule is CC(=CC[Si](O[Si](C)(C)C)(O[Si](C)(C)C)O[Si](C)(C)C)C(=O)O. The van der Waals surface area contributed by atoms with Crippen LogP contribution in [-0.4, -0.2) is 44.8 Å². The average molecular weight is 395 g/mol. The third-order valence-electron chi connectivity index (χ3n) is 2.38. The topological polar surface area (TPSA) is 65.0 Å². The van der Waals surface area contributed by atoms with E-state index >= 15 is 0 Å². The van der Waals surface area contributed by atoms with Crippen molar-refractivity contribution in [2.45, 2.75) is 71.9 Å². The monoisotopic (exact) mass is 394 g/mol. The molecule has 0 spiro atoms. The van der Waals surface area contributed by atoms with Gasteiger partial charge in [-0.3, -0.25) is 0 Å². The van der Waals surface area contributed by atoms with E-state index in [0.717, 1.165) is 0 Å². The molecule has 0 radical (unpaired) electrons. The fourth-order valence-corrected chi connectivity index (χ4v) is 16.3. The third kappa shape index (κ3) is 11.2. The molecule has 0 amide bonds. The maximum atomic E-state index is 11.1. The van der Waals surface area contributed by atoms with Gasteiger partial charge < -0.3 is 17.5 Å². The van der Waals surface area contributed by atoms with Crippen molar-refractivity contribution in [1.29, 1.82) is 0 Å². The van der Waals surface area contributed by atoms with Crippen LogP contribution in [0, 0.1) is 0 Å². The zero-order valence-electron chi connectivity index (χ0n) is 16.4. The number of carboxylic acid groups (broad SMARTS) is 1. The van der Waals surface area contributed by atoms with Crippen molar-refractivity contribution in [3.8, 4) is 0 Å². The summed E-state index contributed by atoms with van der Waals surface area (Å²) < 4.78 is 19.4. The van der Waals surface area contributed by atoms with E-state index in [0.29, 0.717) is 11.6 Å². The molecule has 9 heteroatoms. The first-order valence-corrected chi connectivity index (χ1v) is 20.1. The Morgan fingerprint density at radius 2 is 1.13 bits per heavy atom. The van der Waals surface area contributed by atoms with Gasteiger partial charge in [0.2, 0.25) is 0 Å². The summed E-state index contributed by atoms with van der Waals surface area (Å²) in [6, 6.07) is 0.421. The molecule has 0 unspecified atom stereocenters. The standard InChI is InChI=1S/C14H34O5Si4/c1-13(14(15)16)11-12-23(17-20(2,3)4,18-21(5,6)7)19-22(8,9)10/h11H,12H2,1-10H3,(H,15,16). The van der Waals surface area contributed by atoms with Crippen LogP contribution in [0.15, 0.2) is 11.6 Å². The first-order chi connectivity index (χ1) is 9.95. The summed E-state index contributed by atoms with van der Waals surface area (Å²) >= 11 is 0. The van der Waals surface area contributed by atoms with Crippen LogP contribution in [-0.2, 0) is 17.1 Å². The number of carbonyl (C=O) groups is 1. The van der Waals surface area contributed by atoms with Crippen molar-refractivity contribution >= 4 is 39.7 Å². The Morgan fingerprint density at radius 3 is 1.35 bits per heavy atom. The number of aliphatic carboxylic acids is 1. The fourth-order valence-electron chi connectivity index (χ4n) is 1.95. The highest BCUT2D eigenvalue weighted by Crippen LogP contribution is 2.29. The lowest BCUT2D eigenvalue weighted by molar-refractivity contribution is -0.132. The Balaban J connectivity index is 5.81. The zero-order chi connectivity index (χ0) is 18.7. The lowest BCUT2D eigenvalue weighted by atomic mass is 10.3. The number of hydrogen-bond acceptors (Lipinski definition) is 4.